The fraction of sp³-hybridized carbons (Fsp3) is 0.0625. The number of phenols is 1. The van der Waals surface area contributed by atoms with Gasteiger partial charge in [-0.15, -0.1) is 0 Å². The molecule has 0 aliphatic rings. The summed E-state index contributed by atoms with van der Waals surface area (Å²) in [7, 11) is 0. The second-order valence-corrected chi connectivity index (χ2v) is 5.19. The standard InChI is InChI=1S/C16H12BrFO2/c1-10-11(3-2-4-14(10)17)7-15(18)12-5-6-13(9-19)16(20)8-12/h2-9,20H,1H3. The molecule has 0 atom stereocenters. The highest BCUT2D eigenvalue weighted by atomic mass is 79.9. The van der Waals surface area contributed by atoms with Gasteiger partial charge in [0.2, 0.25) is 0 Å². The van der Waals surface area contributed by atoms with Crippen LogP contribution >= 0.6 is 15.9 Å². The largest absolute Gasteiger partial charge is 0.507 e. The number of phenolic OH excluding ortho intramolecular Hbond substituents is 1. The van der Waals surface area contributed by atoms with Gasteiger partial charge in [0.25, 0.3) is 0 Å². The molecule has 2 rings (SSSR count). The van der Waals surface area contributed by atoms with Crippen LogP contribution in [0.25, 0.3) is 11.9 Å². The summed E-state index contributed by atoms with van der Waals surface area (Å²) >= 11 is 3.39. The maximum Gasteiger partial charge on any atom is 0.153 e. The summed E-state index contributed by atoms with van der Waals surface area (Å²) in [6, 6.07) is 9.60. The van der Waals surface area contributed by atoms with E-state index >= 15 is 0 Å². The molecule has 0 saturated carbocycles. The molecule has 0 amide bonds. The predicted molar refractivity (Wildman–Crippen MR) is 81.4 cm³/mol. The van der Waals surface area contributed by atoms with Crippen molar-refractivity contribution in [3.63, 3.8) is 0 Å². The fourth-order valence-corrected chi connectivity index (χ4v) is 2.17. The Bertz CT molecular complexity index is 693. The van der Waals surface area contributed by atoms with Crippen LogP contribution in [-0.4, -0.2) is 11.4 Å². The molecule has 4 heteroatoms. The smallest absolute Gasteiger partial charge is 0.153 e. The zero-order valence-electron chi connectivity index (χ0n) is 10.7. The number of hydrogen-bond donors (Lipinski definition) is 1. The normalized spacial score (nSPS) is 11.4. The van der Waals surface area contributed by atoms with Gasteiger partial charge >= 0.3 is 0 Å². The van der Waals surface area contributed by atoms with Gasteiger partial charge < -0.3 is 5.11 Å². The van der Waals surface area contributed by atoms with E-state index in [1.165, 1.54) is 24.3 Å². The van der Waals surface area contributed by atoms with E-state index in [2.05, 4.69) is 15.9 Å². The average molecular weight is 335 g/mol. The Morgan fingerprint density at radius 1 is 1.25 bits per heavy atom. The lowest BCUT2D eigenvalue weighted by molar-refractivity contribution is 0.112. The summed E-state index contributed by atoms with van der Waals surface area (Å²) in [6.45, 7) is 1.89. The zero-order chi connectivity index (χ0) is 14.7. The molecule has 1 N–H and O–H groups in total. The summed E-state index contributed by atoms with van der Waals surface area (Å²) < 4.78 is 15.1. The number of hydrogen-bond acceptors (Lipinski definition) is 2. The van der Waals surface area contributed by atoms with Crippen LogP contribution in [0.1, 0.15) is 27.0 Å². The van der Waals surface area contributed by atoms with Crippen molar-refractivity contribution in [3.8, 4) is 5.75 Å². The Morgan fingerprint density at radius 3 is 2.65 bits per heavy atom. The Labute approximate surface area is 124 Å². The third-order valence-corrected chi connectivity index (χ3v) is 3.88. The van der Waals surface area contributed by atoms with Gasteiger partial charge in [0.05, 0.1) is 5.56 Å². The molecule has 0 saturated heterocycles. The molecule has 0 aliphatic heterocycles. The molecule has 2 aromatic carbocycles. The molecular weight excluding hydrogens is 323 g/mol. The van der Waals surface area contributed by atoms with E-state index in [4.69, 9.17) is 0 Å². The third-order valence-electron chi connectivity index (χ3n) is 3.02. The first-order valence-corrected chi connectivity index (χ1v) is 6.73. The van der Waals surface area contributed by atoms with Crippen LogP contribution in [0, 0.1) is 6.92 Å². The van der Waals surface area contributed by atoms with Crippen molar-refractivity contribution in [1.29, 1.82) is 0 Å². The van der Waals surface area contributed by atoms with Gasteiger partial charge in [-0.3, -0.25) is 4.79 Å². The number of halogens is 2. The molecular formula is C16H12BrFO2. The molecule has 0 unspecified atom stereocenters. The van der Waals surface area contributed by atoms with Gasteiger partial charge in [-0.1, -0.05) is 34.1 Å². The lowest BCUT2D eigenvalue weighted by Gasteiger charge is -2.05. The van der Waals surface area contributed by atoms with Crippen molar-refractivity contribution in [2.45, 2.75) is 6.92 Å². The second kappa shape index (κ2) is 6.01. The number of carbonyl (C=O) groups excluding carboxylic acids is 1. The monoisotopic (exact) mass is 334 g/mol. The molecule has 0 radical (unpaired) electrons. The minimum absolute atomic E-state index is 0.139. The minimum atomic E-state index is -0.473. The molecule has 20 heavy (non-hydrogen) atoms. The van der Waals surface area contributed by atoms with E-state index < -0.39 is 5.83 Å². The van der Waals surface area contributed by atoms with E-state index in [0.29, 0.717) is 6.29 Å². The number of carbonyl (C=O) groups is 1. The Morgan fingerprint density at radius 2 is 2.00 bits per heavy atom. The molecule has 0 aromatic heterocycles. The maximum atomic E-state index is 14.2. The first kappa shape index (κ1) is 14.5. The molecule has 0 bridgehead atoms. The Kier molecular flexibility index (Phi) is 4.35. The number of aldehydes is 1. The first-order valence-electron chi connectivity index (χ1n) is 5.94. The van der Waals surface area contributed by atoms with E-state index in [1.54, 1.807) is 6.07 Å². The van der Waals surface area contributed by atoms with Gasteiger partial charge in [0.15, 0.2) is 6.29 Å². The van der Waals surface area contributed by atoms with Crippen molar-refractivity contribution in [3.05, 3.63) is 63.1 Å². The van der Waals surface area contributed by atoms with Gasteiger partial charge in [0, 0.05) is 10.0 Å². The molecule has 102 valence electrons. The van der Waals surface area contributed by atoms with Crippen LogP contribution in [0.3, 0.4) is 0 Å². The van der Waals surface area contributed by atoms with Crippen molar-refractivity contribution in [1.82, 2.24) is 0 Å². The molecule has 2 aromatic rings. The maximum absolute atomic E-state index is 14.2. The van der Waals surface area contributed by atoms with Crippen LogP contribution in [0.2, 0.25) is 0 Å². The van der Waals surface area contributed by atoms with Crippen molar-refractivity contribution < 1.29 is 14.3 Å². The molecule has 0 spiro atoms. The highest BCUT2D eigenvalue weighted by Gasteiger charge is 2.07. The second-order valence-electron chi connectivity index (χ2n) is 4.34. The third kappa shape index (κ3) is 2.96. The topological polar surface area (TPSA) is 37.3 Å². The zero-order valence-corrected chi connectivity index (χ0v) is 12.3. The molecule has 0 fully saturated rings. The number of rotatable bonds is 3. The highest BCUT2D eigenvalue weighted by Crippen LogP contribution is 2.27. The summed E-state index contributed by atoms with van der Waals surface area (Å²) in [5.74, 6) is -0.703. The van der Waals surface area contributed by atoms with Crippen molar-refractivity contribution in [2.24, 2.45) is 0 Å². The van der Waals surface area contributed by atoms with Gasteiger partial charge in [0.1, 0.15) is 11.6 Å². The fourth-order valence-electron chi connectivity index (χ4n) is 1.79. The summed E-state index contributed by atoms with van der Waals surface area (Å²) in [4.78, 5) is 10.6. The van der Waals surface area contributed by atoms with E-state index in [-0.39, 0.29) is 16.9 Å². The number of benzene rings is 2. The summed E-state index contributed by atoms with van der Waals surface area (Å²) in [5.41, 5.74) is 2.04. The summed E-state index contributed by atoms with van der Waals surface area (Å²) in [5, 5.41) is 9.57. The lowest BCUT2D eigenvalue weighted by atomic mass is 10.1. The van der Waals surface area contributed by atoms with Crippen LogP contribution < -0.4 is 0 Å². The van der Waals surface area contributed by atoms with Crippen molar-refractivity contribution in [2.75, 3.05) is 0 Å². The summed E-state index contributed by atoms with van der Waals surface area (Å²) in [6.07, 6.45) is 1.93. The van der Waals surface area contributed by atoms with E-state index in [1.807, 2.05) is 19.1 Å². The molecule has 0 aliphatic carbocycles. The quantitative estimate of drug-likeness (QED) is 0.650. The molecule has 2 nitrogen and oxygen atoms in total. The highest BCUT2D eigenvalue weighted by molar-refractivity contribution is 9.10. The Hall–Kier alpha value is -1.94. The van der Waals surface area contributed by atoms with E-state index in [0.717, 1.165) is 15.6 Å². The van der Waals surface area contributed by atoms with Crippen LogP contribution in [0.4, 0.5) is 4.39 Å². The van der Waals surface area contributed by atoms with Crippen LogP contribution in [-0.2, 0) is 0 Å². The SMILES string of the molecule is Cc1c(Br)cccc1C=C(F)c1ccc(C=O)c(O)c1. The number of aromatic hydroxyl groups is 1. The predicted octanol–water partition coefficient (Wildman–Crippen LogP) is 4.74. The average Bonchev–Trinajstić information content (AvgIpc) is 2.43. The van der Waals surface area contributed by atoms with E-state index in [9.17, 15) is 14.3 Å². The van der Waals surface area contributed by atoms with Crippen LogP contribution in [0.5, 0.6) is 5.75 Å². The lowest BCUT2D eigenvalue weighted by Crippen LogP contribution is -1.86. The van der Waals surface area contributed by atoms with Crippen molar-refractivity contribution >= 4 is 34.1 Å². The van der Waals surface area contributed by atoms with Gasteiger partial charge in [-0.2, -0.15) is 0 Å². The van der Waals surface area contributed by atoms with Gasteiger partial charge in [-0.25, -0.2) is 4.39 Å². The first-order chi connectivity index (χ1) is 9.52. The van der Waals surface area contributed by atoms with Crippen LogP contribution in [0.15, 0.2) is 40.9 Å². The Balaban J connectivity index is 2.42. The molecule has 0 heterocycles. The minimum Gasteiger partial charge on any atom is -0.507 e. The van der Waals surface area contributed by atoms with Gasteiger partial charge in [-0.05, 0) is 42.3 Å².